The Morgan fingerprint density at radius 1 is 1.33 bits per heavy atom. The highest BCUT2D eigenvalue weighted by atomic mass is 32.2. The van der Waals surface area contributed by atoms with Crippen LogP contribution in [0.1, 0.15) is 10.4 Å². The minimum Gasteiger partial charge on any atom is -0.478 e. The summed E-state index contributed by atoms with van der Waals surface area (Å²) >= 11 is 0. The van der Waals surface area contributed by atoms with Crippen LogP contribution in [0.2, 0.25) is 0 Å². The van der Waals surface area contributed by atoms with E-state index in [4.69, 9.17) is 9.66 Å². The van der Waals surface area contributed by atoms with E-state index in [-0.39, 0.29) is 12.1 Å². The average molecular weight is 232 g/mol. The van der Waals surface area contributed by atoms with E-state index in [1.165, 1.54) is 29.1 Å². The fourth-order valence-corrected chi connectivity index (χ4v) is 1.41. The average Bonchev–Trinajstić information content (AvgIpc) is 2.14. The quantitative estimate of drug-likeness (QED) is 0.542. The van der Waals surface area contributed by atoms with Crippen LogP contribution in [0.25, 0.3) is 0 Å². The number of aryl methyl sites for hydroxylation is 1. The number of carbonyl (C=O) groups is 1. The number of rotatable bonds is 4. The summed E-state index contributed by atoms with van der Waals surface area (Å²) in [6.45, 7) is 0.0821. The van der Waals surface area contributed by atoms with E-state index in [1.807, 2.05) is 0 Å². The molecular formula is C8H10NO5S+. The maximum atomic E-state index is 10.5. The van der Waals surface area contributed by atoms with Gasteiger partial charge < -0.3 is 5.11 Å². The molecule has 0 amide bonds. The Labute approximate surface area is 86.5 Å². The van der Waals surface area contributed by atoms with E-state index < -0.39 is 21.8 Å². The lowest BCUT2D eigenvalue weighted by atomic mass is 10.3. The molecule has 0 bridgehead atoms. The SMILES string of the molecule is O=C(O)c1cc[n+](CCS(=O)(=O)O)cc1. The van der Waals surface area contributed by atoms with Gasteiger partial charge in [-0.3, -0.25) is 4.55 Å². The molecule has 1 aromatic rings. The molecule has 0 unspecified atom stereocenters. The van der Waals surface area contributed by atoms with Crippen LogP contribution in [0, 0.1) is 0 Å². The first-order valence-electron chi connectivity index (χ1n) is 4.06. The molecule has 0 saturated carbocycles. The van der Waals surface area contributed by atoms with Crippen molar-refractivity contribution in [1.29, 1.82) is 0 Å². The molecule has 0 aromatic carbocycles. The minimum atomic E-state index is -3.99. The standard InChI is InChI=1S/C8H9NO5S/c10-8(11)7-1-3-9(4-2-7)5-6-15(12,13)14/h1-4H,5-6H2,(H-,10,11,12,13,14)/p+1. The molecule has 82 valence electrons. The van der Waals surface area contributed by atoms with Crippen molar-refractivity contribution >= 4 is 16.1 Å². The topological polar surface area (TPSA) is 95.5 Å². The molecular weight excluding hydrogens is 222 g/mol. The second-order valence-corrected chi connectivity index (χ2v) is 4.49. The lowest BCUT2D eigenvalue weighted by Crippen LogP contribution is -2.36. The third-order valence-electron chi connectivity index (χ3n) is 1.75. The predicted octanol–water partition coefficient (Wildman–Crippen LogP) is -0.440. The number of carboxylic acid groups (broad SMARTS) is 1. The first kappa shape index (κ1) is 11.6. The van der Waals surface area contributed by atoms with Crippen LogP contribution in [0.5, 0.6) is 0 Å². The molecule has 15 heavy (non-hydrogen) atoms. The number of hydrogen-bond donors (Lipinski definition) is 2. The highest BCUT2D eigenvalue weighted by molar-refractivity contribution is 7.85. The van der Waals surface area contributed by atoms with Crippen LogP contribution in [0.3, 0.4) is 0 Å². The molecule has 2 N–H and O–H groups in total. The fourth-order valence-electron chi connectivity index (χ4n) is 0.970. The van der Waals surface area contributed by atoms with Crippen LogP contribution in [-0.4, -0.2) is 29.8 Å². The largest absolute Gasteiger partial charge is 0.478 e. The van der Waals surface area contributed by atoms with Crippen molar-refractivity contribution in [3.63, 3.8) is 0 Å². The van der Waals surface area contributed by atoms with Gasteiger partial charge >= 0.3 is 5.97 Å². The highest BCUT2D eigenvalue weighted by Gasteiger charge is 2.10. The number of aromatic carboxylic acids is 1. The van der Waals surface area contributed by atoms with Gasteiger partial charge in [-0.2, -0.15) is 8.42 Å². The zero-order valence-electron chi connectivity index (χ0n) is 7.70. The number of nitrogens with zero attached hydrogens (tertiary/aromatic N) is 1. The van der Waals surface area contributed by atoms with Gasteiger partial charge in [-0.05, 0) is 0 Å². The molecule has 1 aromatic heterocycles. The first-order valence-corrected chi connectivity index (χ1v) is 5.67. The van der Waals surface area contributed by atoms with E-state index in [1.54, 1.807) is 0 Å². The Kier molecular flexibility index (Phi) is 3.38. The summed E-state index contributed by atoms with van der Waals surface area (Å²) in [6.07, 6.45) is 2.88. The maximum absolute atomic E-state index is 10.5. The monoisotopic (exact) mass is 232 g/mol. The second-order valence-electron chi connectivity index (χ2n) is 2.92. The van der Waals surface area contributed by atoms with Gasteiger partial charge in [-0.1, -0.05) is 0 Å². The summed E-state index contributed by atoms with van der Waals surface area (Å²) in [4.78, 5) is 10.5. The van der Waals surface area contributed by atoms with Crippen LogP contribution in [-0.2, 0) is 16.7 Å². The number of pyridine rings is 1. The first-order chi connectivity index (χ1) is 6.88. The number of hydrogen-bond acceptors (Lipinski definition) is 3. The van der Waals surface area contributed by atoms with Crippen molar-refractivity contribution in [2.75, 3.05) is 5.75 Å². The van der Waals surface area contributed by atoms with E-state index in [2.05, 4.69) is 0 Å². The normalized spacial score (nSPS) is 11.3. The molecule has 6 nitrogen and oxygen atoms in total. The van der Waals surface area contributed by atoms with Gasteiger partial charge in [0.05, 0.1) is 5.56 Å². The molecule has 1 heterocycles. The second kappa shape index (κ2) is 4.37. The van der Waals surface area contributed by atoms with Crippen molar-refractivity contribution in [3.05, 3.63) is 30.1 Å². The molecule has 0 saturated heterocycles. The van der Waals surface area contributed by atoms with Crippen molar-refractivity contribution < 1.29 is 27.4 Å². The minimum absolute atomic E-state index is 0.0821. The number of carboxylic acids is 1. The lowest BCUT2D eigenvalue weighted by Gasteiger charge is -1.95. The zero-order valence-corrected chi connectivity index (χ0v) is 8.51. The molecule has 0 radical (unpaired) electrons. The summed E-state index contributed by atoms with van der Waals surface area (Å²) in [5.41, 5.74) is 0.123. The molecule has 0 spiro atoms. The Balaban J connectivity index is 2.69. The highest BCUT2D eigenvalue weighted by Crippen LogP contribution is 1.94. The van der Waals surface area contributed by atoms with Gasteiger partial charge in [0, 0.05) is 12.1 Å². The summed E-state index contributed by atoms with van der Waals surface area (Å²) in [5.74, 6) is -1.44. The van der Waals surface area contributed by atoms with Crippen molar-refractivity contribution in [1.82, 2.24) is 0 Å². The molecule has 0 fully saturated rings. The zero-order chi connectivity index (χ0) is 11.5. The smallest absolute Gasteiger partial charge is 0.336 e. The summed E-state index contributed by atoms with van der Waals surface area (Å²) in [6, 6.07) is 2.71. The van der Waals surface area contributed by atoms with E-state index in [0.29, 0.717) is 0 Å². The Bertz CT molecular complexity index is 450. The van der Waals surface area contributed by atoms with Gasteiger partial charge in [0.25, 0.3) is 10.1 Å². The van der Waals surface area contributed by atoms with Crippen LogP contribution < -0.4 is 4.57 Å². The van der Waals surface area contributed by atoms with Crippen molar-refractivity contribution in [2.24, 2.45) is 0 Å². The predicted molar refractivity (Wildman–Crippen MR) is 50.0 cm³/mol. The van der Waals surface area contributed by atoms with E-state index >= 15 is 0 Å². The molecule has 0 aliphatic rings. The summed E-state index contributed by atoms with van der Waals surface area (Å²) in [5, 5.41) is 8.59. The third kappa shape index (κ3) is 4.05. The Morgan fingerprint density at radius 3 is 2.27 bits per heavy atom. The molecule has 0 aliphatic carbocycles. The Hall–Kier alpha value is -1.47. The lowest BCUT2D eigenvalue weighted by molar-refractivity contribution is -0.692. The van der Waals surface area contributed by atoms with Gasteiger partial charge in [0.15, 0.2) is 18.9 Å². The summed E-state index contributed by atoms with van der Waals surface area (Å²) in [7, 11) is -3.99. The van der Waals surface area contributed by atoms with Gasteiger partial charge in [0.2, 0.25) is 0 Å². The number of aromatic nitrogens is 1. The maximum Gasteiger partial charge on any atom is 0.336 e. The van der Waals surface area contributed by atoms with E-state index in [0.717, 1.165) is 0 Å². The van der Waals surface area contributed by atoms with Gasteiger partial charge in [-0.25, -0.2) is 9.36 Å². The molecule has 0 atom stereocenters. The van der Waals surface area contributed by atoms with Crippen LogP contribution in [0.15, 0.2) is 24.5 Å². The molecule has 7 heteroatoms. The van der Waals surface area contributed by atoms with Crippen molar-refractivity contribution in [3.8, 4) is 0 Å². The van der Waals surface area contributed by atoms with Gasteiger partial charge in [0.1, 0.15) is 5.75 Å². The van der Waals surface area contributed by atoms with Crippen molar-refractivity contribution in [2.45, 2.75) is 6.54 Å². The van der Waals surface area contributed by atoms with Crippen LogP contribution >= 0.6 is 0 Å². The Morgan fingerprint density at radius 2 is 1.87 bits per heavy atom. The van der Waals surface area contributed by atoms with Crippen LogP contribution in [0.4, 0.5) is 0 Å². The molecule has 1 rings (SSSR count). The molecule has 0 aliphatic heterocycles. The van der Waals surface area contributed by atoms with Gasteiger partial charge in [-0.15, -0.1) is 0 Å². The van der Waals surface area contributed by atoms with E-state index in [9.17, 15) is 13.2 Å². The third-order valence-corrected chi connectivity index (χ3v) is 2.44. The summed E-state index contributed by atoms with van der Waals surface area (Å²) < 4.78 is 30.8. The fraction of sp³-hybridized carbons (Fsp3) is 0.250.